The quantitative estimate of drug-likeness (QED) is 0.379. The summed E-state index contributed by atoms with van der Waals surface area (Å²) in [6.07, 6.45) is 1.78. The van der Waals surface area contributed by atoms with Crippen LogP contribution in [0.5, 0.6) is 0 Å². The summed E-state index contributed by atoms with van der Waals surface area (Å²) in [6.45, 7) is 1.90. The van der Waals surface area contributed by atoms with E-state index in [1.54, 1.807) is 26.2 Å². The number of nitrogens with two attached hydrogens (primary N) is 2. The maximum absolute atomic E-state index is 12.2. The van der Waals surface area contributed by atoms with Crippen LogP contribution in [0.4, 0.5) is 0 Å². The van der Waals surface area contributed by atoms with Crippen LogP contribution in [0.15, 0.2) is 36.4 Å². The highest BCUT2D eigenvalue weighted by molar-refractivity contribution is 5.98. The molecule has 3 rings (SSSR count). The average molecular weight is 408 g/mol. The lowest BCUT2D eigenvalue weighted by Crippen LogP contribution is -2.46. The Labute approximate surface area is 176 Å². The van der Waals surface area contributed by atoms with Gasteiger partial charge in [0.2, 0.25) is 0 Å². The summed E-state index contributed by atoms with van der Waals surface area (Å²) in [7, 11) is 3.19. The van der Waals surface area contributed by atoms with E-state index in [4.69, 9.17) is 16.9 Å². The Hall–Kier alpha value is -3.19. The van der Waals surface area contributed by atoms with Crippen LogP contribution in [0.3, 0.4) is 0 Å². The molecule has 2 aromatic rings. The monoisotopic (exact) mass is 407 g/mol. The Kier molecular flexibility index (Phi) is 5.94. The van der Waals surface area contributed by atoms with Crippen LogP contribution in [0.2, 0.25) is 0 Å². The maximum Gasteiger partial charge on any atom is 0.251 e. The van der Waals surface area contributed by atoms with E-state index in [-0.39, 0.29) is 23.7 Å². The van der Waals surface area contributed by atoms with Crippen LogP contribution >= 0.6 is 0 Å². The number of carbonyl (C=O) groups excluding carboxylic acids is 2. The Balaban J connectivity index is 2.30. The Bertz CT molecular complexity index is 945. The van der Waals surface area contributed by atoms with Crippen molar-refractivity contribution in [2.45, 2.75) is 37.6 Å². The summed E-state index contributed by atoms with van der Waals surface area (Å²) in [6, 6.07) is 10.8. The number of amides is 2. The number of fused-ring (bicyclic) bond motifs is 2. The Morgan fingerprint density at radius 1 is 1.00 bits per heavy atom. The fraction of sp³-hybridized carbons (Fsp3) is 0.348. The van der Waals surface area contributed by atoms with E-state index in [0.717, 1.165) is 22.3 Å². The van der Waals surface area contributed by atoms with Crippen molar-refractivity contribution in [1.82, 2.24) is 10.6 Å². The van der Waals surface area contributed by atoms with Gasteiger partial charge in [-0.05, 0) is 72.7 Å². The van der Waals surface area contributed by atoms with Gasteiger partial charge in [0.25, 0.3) is 11.8 Å². The molecule has 0 radical (unpaired) electrons. The summed E-state index contributed by atoms with van der Waals surface area (Å²) < 4.78 is 0. The van der Waals surface area contributed by atoms with Gasteiger partial charge < -0.3 is 22.1 Å². The molecule has 1 aliphatic rings. The second kappa shape index (κ2) is 8.28. The third-order valence-electron chi connectivity index (χ3n) is 5.86. The van der Waals surface area contributed by atoms with E-state index in [9.17, 15) is 9.59 Å². The molecule has 0 bridgehead atoms. The van der Waals surface area contributed by atoms with Crippen molar-refractivity contribution in [3.63, 3.8) is 0 Å². The third-order valence-corrected chi connectivity index (χ3v) is 5.86. The number of hydrogen-bond acceptors (Lipinski definition) is 4. The first-order chi connectivity index (χ1) is 14.2. The predicted octanol–water partition coefficient (Wildman–Crippen LogP) is 1.46. The number of rotatable bonds is 5. The minimum atomic E-state index is -0.919. The standard InChI is InChI=1S/C23H29N5O2/c1-13(24)12-23(22(25)26)18-8-6-16(20(29)27-2)10-14(18)4-5-15-11-17(21(30)28-3)7-9-19(15)23/h6-11,13H,4-5,12,24H2,1-3H3,(H3,25,26)(H,27,29)(H,28,30)/t13-/m1/s1. The van der Waals surface area contributed by atoms with E-state index < -0.39 is 5.41 Å². The van der Waals surface area contributed by atoms with Gasteiger partial charge in [0.05, 0.1) is 5.41 Å². The molecule has 7 heteroatoms. The van der Waals surface area contributed by atoms with E-state index in [2.05, 4.69) is 10.6 Å². The van der Waals surface area contributed by atoms with Crippen LogP contribution in [0.1, 0.15) is 56.3 Å². The molecular formula is C23H29N5O2. The van der Waals surface area contributed by atoms with Crippen molar-refractivity contribution in [3.05, 3.63) is 69.8 Å². The summed E-state index contributed by atoms with van der Waals surface area (Å²) in [5, 5.41) is 13.9. The zero-order valence-corrected chi connectivity index (χ0v) is 17.6. The van der Waals surface area contributed by atoms with Crippen molar-refractivity contribution in [3.8, 4) is 0 Å². The number of carbonyl (C=O) groups is 2. The lowest BCUT2D eigenvalue weighted by Gasteiger charge is -2.37. The molecule has 0 fully saturated rings. The minimum Gasteiger partial charge on any atom is -0.387 e. The van der Waals surface area contributed by atoms with Gasteiger partial charge in [0, 0.05) is 31.3 Å². The minimum absolute atomic E-state index is 0.00425. The number of benzene rings is 2. The lowest BCUT2D eigenvalue weighted by atomic mass is 9.67. The van der Waals surface area contributed by atoms with Crippen LogP contribution in [-0.4, -0.2) is 37.8 Å². The van der Waals surface area contributed by atoms with Crippen LogP contribution in [-0.2, 0) is 18.3 Å². The highest BCUT2D eigenvalue weighted by Crippen LogP contribution is 2.43. The van der Waals surface area contributed by atoms with E-state index in [0.29, 0.717) is 30.4 Å². The fourth-order valence-corrected chi connectivity index (χ4v) is 4.52. The number of hydrogen-bond donors (Lipinski definition) is 5. The second-order valence-electron chi connectivity index (χ2n) is 7.90. The van der Waals surface area contributed by atoms with Gasteiger partial charge in [0.1, 0.15) is 5.84 Å². The zero-order valence-electron chi connectivity index (χ0n) is 17.6. The van der Waals surface area contributed by atoms with E-state index in [1.807, 2.05) is 31.2 Å². The summed E-state index contributed by atoms with van der Waals surface area (Å²) in [5.74, 6) is -0.325. The van der Waals surface area contributed by atoms with Gasteiger partial charge in [-0.2, -0.15) is 0 Å². The Morgan fingerprint density at radius 2 is 1.43 bits per heavy atom. The van der Waals surface area contributed by atoms with Crippen molar-refractivity contribution in [1.29, 1.82) is 5.41 Å². The van der Waals surface area contributed by atoms with Crippen molar-refractivity contribution in [2.24, 2.45) is 11.5 Å². The fourth-order valence-electron chi connectivity index (χ4n) is 4.52. The largest absolute Gasteiger partial charge is 0.387 e. The molecule has 30 heavy (non-hydrogen) atoms. The molecule has 1 atom stereocenters. The number of nitrogens with one attached hydrogen (secondary N) is 3. The summed E-state index contributed by atoms with van der Waals surface area (Å²) >= 11 is 0. The summed E-state index contributed by atoms with van der Waals surface area (Å²) in [5.41, 5.74) is 16.4. The topological polar surface area (TPSA) is 134 Å². The lowest BCUT2D eigenvalue weighted by molar-refractivity contribution is 0.0955. The normalized spacial score (nSPS) is 15.2. The van der Waals surface area contributed by atoms with Crippen LogP contribution in [0, 0.1) is 5.41 Å². The zero-order chi connectivity index (χ0) is 22.1. The smallest absolute Gasteiger partial charge is 0.251 e. The molecule has 0 spiro atoms. The van der Waals surface area contributed by atoms with Gasteiger partial charge in [-0.15, -0.1) is 0 Å². The molecule has 0 aliphatic heterocycles. The van der Waals surface area contributed by atoms with E-state index in [1.165, 1.54) is 0 Å². The van der Waals surface area contributed by atoms with Gasteiger partial charge >= 0.3 is 0 Å². The van der Waals surface area contributed by atoms with Crippen LogP contribution < -0.4 is 22.1 Å². The van der Waals surface area contributed by atoms with Gasteiger partial charge in [-0.1, -0.05) is 12.1 Å². The average Bonchev–Trinajstić information content (AvgIpc) is 2.87. The molecule has 7 N–H and O–H groups in total. The molecule has 0 unspecified atom stereocenters. The van der Waals surface area contributed by atoms with Crippen molar-refractivity contribution in [2.75, 3.05) is 14.1 Å². The SMILES string of the molecule is CNC(=O)c1ccc2c(c1)CCc1cc(C(=O)NC)ccc1C2(C[C@@H](C)N)C(=N)N. The first-order valence-electron chi connectivity index (χ1n) is 10.1. The molecule has 0 saturated heterocycles. The molecule has 0 saturated carbocycles. The highest BCUT2D eigenvalue weighted by Gasteiger charge is 2.43. The molecule has 7 nitrogen and oxygen atoms in total. The predicted molar refractivity (Wildman–Crippen MR) is 118 cm³/mol. The molecule has 2 amide bonds. The molecule has 0 aromatic heterocycles. The molecule has 2 aromatic carbocycles. The van der Waals surface area contributed by atoms with E-state index >= 15 is 0 Å². The van der Waals surface area contributed by atoms with Crippen molar-refractivity contribution >= 4 is 17.6 Å². The molecular weight excluding hydrogens is 378 g/mol. The third kappa shape index (κ3) is 3.57. The molecule has 0 heterocycles. The first kappa shape index (κ1) is 21.5. The number of aryl methyl sites for hydroxylation is 2. The molecule has 1 aliphatic carbocycles. The molecule has 158 valence electrons. The highest BCUT2D eigenvalue weighted by atomic mass is 16.2. The van der Waals surface area contributed by atoms with Gasteiger partial charge in [-0.25, -0.2) is 0 Å². The van der Waals surface area contributed by atoms with Crippen molar-refractivity contribution < 1.29 is 9.59 Å². The van der Waals surface area contributed by atoms with Gasteiger partial charge in [-0.3, -0.25) is 15.0 Å². The maximum atomic E-state index is 12.2. The summed E-state index contributed by atoms with van der Waals surface area (Å²) in [4.78, 5) is 24.4. The number of amidine groups is 1. The first-order valence-corrected chi connectivity index (χ1v) is 10.1. The second-order valence-corrected chi connectivity index (χ2v) is 7.90. The van der Waals surface area contributed by atoms with Crippen LogP contribution in [0.25, 0.3) is 0 Å². The Morgan fingerprint density at radius 3 is 1.77 bits per heavy atom. The van der Waals surface area contributed by atoms with Gasteiger partial charge in [0.15, 0.2) is 0 Å².